The minimum atomic E-state index is -0.377. The quantitative estimate of drug-likeness (QED) is 0.831. The Kier molecular flexibility index (Phi) is 5.11. The standard InChI is InChI=1S/C16H22N2O/c1-13(19)18(12-14-8-6-5-7-9-14)15(11-17)10-16(2,3)4/h5-9,15H,10,12H2,1-4H3. The molecule has 1 atom stereocenters. The SMILES string of the molecule is CC(=O)N(Cc1ccccc1)C(C#N)CC(C)(C)C. The van der Waals surface area contributed by atoms with Crippen LogP contribution in [0.4, 0.5) is 0 Å². The van der Waals surface area contributed by atoms with Gasteiger partial charge in [0.1, 0.15) is 6.04 Å². The molecule has 3 heteroatoms. The van der Waals surface area contributed by atoms with Crippen molar-refractivity contribution in [2.75, 3.05) is 0 Å². The van der Waals surface area contributed by atoms with Crippen LogP contribution in [0.1, 0.15) is 39.7 Å². The lowest BCUT2D eigenvalue weighted by Gasteiger charge is -2.31. The summed E-state index contributed by atoms with van der Waals surface area (Å²) in [6.45, 7) is 8.26. The molecule has 1 aromatic rings. The molecule has 102 valence electrons. The van der Waals surface area contributed by atoms with Crippen LogP contribution in [-0.4, -0.2) is 16.8 Å². The number of benzene rings is 1. The van der Waals surface area contributed by atoms with Gasteiger partial charge in [-0.25, -0.2) is 0 Å². The van der Waals surface area contributed by atoms with Crippen LogP contribution in [0.5, 0.6) is 0 Å². The van der Waals surface area contributed by atoms with Crippen LogP contribution in [0.15, 0.2) is 30.3 Å². The summed E-state index contributed by atoms with van der Waals surface area (Å²) >= 11 is 0. The van der Waals surface area contributed by atoms with Gasteiger partial charge in [-0.15, -0.1) is 0 Å². The maximum Gasteiger partial charge on any atom is 0.220 e. The van der Waals surface area contributed by atoms with Gasteiger partial charge >= 0.3 is 0 Å². The van der Waals surface area contributed by atoms with E-state index in [-0.39, 0.29) is 17.4 Å². The van der Waals surface area contributed by atoms with Crippen molar-refractivity contribution in [3.63, 3.8) is 0 Å². The smallest absolute Gasteiger partial charge is 0.220 e. The number of hydrogen-bond donors (Lipinski definition) is 0. The Hall–Kier alpha value is -1.82. The Morgan fingerprint density at radius 2 is 1.89 bits per heavy atom. The van der Waals surface area contributed by atoms with Gasteiger partial charge in [0, 0.05) is 13.5 Å². The summed E-state index contributed by atoms with van der Waals surface area (Å²) in [4.78, 5) is 13.5. The van der Waals surface area contributed by atoms with Crippen LogP contribution < -0.4 is 0 Å². The molecule has 0 saturated heterocycles. The van der Waals surface area contributed by atoms with E-state index in [9.17, 15) is 10.1 Å². The molecule has 3 nitrogen and oxygen atoms in total. The van der Waals surface area contributed by atoms with Crippen molar-refractivity contribution < 1.29 is 4.79 Å². The highest BCUT2D eigenvalue weighted by Crippen LogP contribution is 2.24. The van der Waals surface area contributed by atoms with Gasteiger partial charge in [0.2, 0.25) is 5.91 Å². The maximum absolute atomic E-state index is 11.8. The third-order valence-corrected chi connectivity index (χ3v) is 2.93. The number of hydrogen-bond acceptors (Lipinski definition) is 2. The van der Waals surface area contributed by atoms with Crippen LogP contribution in [0.2, 0.25) is 0 Å². The Balaban J connectivity index is 2.88. The Bertz CT molecular complexity index is 454. The number of nitrogens with zero attached hydrogens (tertiary/aromatic N) is 2. The summed E-state index contributed by atoms with van der Waals surface area (Å²) in [5.74, 6) is -0.0559. The van der Waals surface area contributed by atoms with Crippen LogP contribution in [0, 0.1) is 16.7 Å². The van der Waals surface area contributed by atoms with E-state index in [0.29, 0.717) is 13.0 Å². The van der Waals surface area contributed by atoms with Crippen LogP contribution >= 0.6 is 0 Å². The van der Waals surface area contributed by atoms with E-state index >= 15 is 0 Å². The normalized spacial score (nSPS) is 12.6. The molecule has 0 heterocycles. The second-order valence-corrected chi connectivity index (χ2v) is 6.04. The van der Waals surface area contributed by atoms with Crippen LogP contribution in [0.3, 0.4) is 0 Å². The van der Waals surface area contributed by atoms with Gasteiger partial charge in [0.15, 0.2) is 0 Å². The second-order valence-electron chi connectivity index (χ2n) is 6.04. The van der Waals surface area contributed by atoms with E-state index in [0.717, 1.165) is 5.56 Å². The molecule has 0 saturated carbocycles. The lowest BCUT2D eigenvalue weighted by molar-refractivity contribution is -0.131. The highest BCUT2D eigenvalue weighted by atomic mass is 16.2. The first kappa shape index (κ1) is 15.2. The van der Waals surface area contributed by atoms with Crippen molar-refractivity contribution in [1.29, 1.82) is 5.26 Å². The predicted molar refractivity (Wildman–Crippen MR) is 76.1 cm³/mol. The first-order chi connectivity index (χ1) is 8.83. The summed E-state index contributed by atoms with van der Waals surface area (Å²) < 4.78 is 0. The van der Waals surface area contributed by atoms with E-state index in [1.54, 1.807) is 4.90 Å². The zero-order valence-electron chi connectivity index (χ0n) is 12.2. The monoisotopic (exact) mass is 258 g/mol. The molecule has 19 heavy (non-hydrogen) atoms. The van der Waals surface area contributed by atoms with E-state index in [1.165, 1.54) is 6.92 Å². The molecule has 1 rings (SSSR count). The number of nitriles is 1. The van der Waals surface area contributed by atoms with E-state index in [4.69, 9.17) is 0 Å². The van der Waals surface area contributed by atoms with Crippen molar-refractivity contribution in [2.45, 2.75) is 46.7 Å². The molecule has 1 aromatic carbocycles. The first-order valence-electron chi connectivity index (χ1n) is 6.54. The third-order valence-electron chi connectivity index (χ3n) is 2.93. The average molecular weight is 258 g/mol. The molecular formula is C16H22N2O. The van der Waals surface area contributed by atoms with E-state index in [2.05, 4.69) is 26.8 Å². The highest BCUT2D eigenvalue weighted by Gasteiger charge is 2.26. The van der Waals surface area contributed by atoms with Gasteiger partial charge in [0.25, 0.3) is 0 Å². The van der Waals surface area contributed by atoms with E-state index < -0.39 is 0 Å². The molecule has 0 aliphatic carbocycles. The molecule has 0 bridgehead atoms. The summed E-state index contributed by atoms with van der Waals surface area (Å²) in [5.41, 5.74) is 1.07. The van der Waals surface area contributed by atoms with Gasteiger partial charge in [-0.2, -0.15) is 5.26 Å². The zero-order valence-corrected chi connectivity index (χ0v) is 12.2. The van der Waals surface area contributed by atoms with Crippen molar-refractivity contribution >= 4 is 5.91 Å². The molecular weight excluding hydrogens is 236 g/mol. The molecule has 0 N–H and O–H groups in total. The minimum Gasteiger partial charge on any atom is -0.323 e. The molecule has 1 unspecified atom stereocenters. The summed E-state index contributed by atoms with van der Waals surface area (Å²) in [6.07, 6.45) is 0.677. The number of rotatable bonds is 4. The topological polar surface area (TPSA) is 44.1 Å². The van der Waals surface area contributed by atoms with Gasteiger partial charge in [-0.05, 0) is 17.4 Å². The predicted octanol–water partition coefficient (Wildman–Crippen LogP) is 3.36. The van der Waals surface area contributed by atoms with Crippen molar-refractivity contribution in [2.24, 2.45) is 5.41 Å². The Labute approximate surface area is 115 Å². The van der Waals surface area contributed by atoms with Crippen LogP contribution in [-0.2, 0) is 11.3 Å². The van der Waals surface area contributed by atoms with Crippen molar-refractivity contribution in [1.82, 2.24) is 4.90 Å². The van der Waals surface area contributed by atoms with Crippen molar-refractivity contribution in [3.05, 3.63) is 35.9 Å². The summed E-state index contributed by atoms with van der Waals surface area (Å²) in [6, 6.07) is 11.7. The van der Waals surface area contributed by atoms with Gasteiger partial charge < -0.3 is 4.90 Å². The fraction of sp³-hybridized carbons (Fsp3) is 0.500. The second kappa shape index (κ2) is 6.38. The molecule has 0 fully saturated rings. The van der Waals surface area contributed by atoms with Crippen molar-refractivity contribution in [3.8, 4) is 6.07 Å². The molecule has 1 amide bonds. The van der Waals surface area contributed by atoms with E-state index in [1.807, 2.05) is 30.3 Å². The first-order valence-corrected chi connectivity index (χ1v) is 6.54. The lowest BCUT2D eigenvalue weighted by Crippen LogP contribution is -2.39. The number of carbonyl (C=O) groups excluding carboxylic acids is 1. The molecule has 0 aromatic heterocycles. The van der Waals surface area contributed by atoms with Gasteiger partial charge in [0.05, 0.1) is 6.07 Å². The van der Waals surface area contributed by atoms with Crippen LogP contribution in [0.25, 0.3) is 0 Å². The highest BCUT2D eigenvalue weighted by molar-refractivity contribution is 5.74. The largest absolute Gasteiger partial charge is 0.323 e. The third kappa shape index (κ3) is 5.13. The minimum absolute atomic E-state index is 0.0186. The fourth-order valence-electron chi connectivity index (χ4n) is 2.03. The Morgan fingerprint density at radius 1 is 1.32 bits per heavy atom. The van der Waals surface area contributed by atoms with Gasteiger partial charge in [-0.1, -0.05) is 51.1 Å². The zero-order chi connectivity index (χ0) is 14.5. The van der Waals surface area contributed by atoms with Gasteiger partial charge in [-0.3, -0.25) is 4.79 Å². The number of amides is 1. The number of carbonyl (C=O) groups is 1. The summed E-state index contributed by atoms with van der Waals surface area (Å²) in [5, 5.41) is 9.34. The molecule has 0 aliphatic rings. The maximum atomic E-state index is 11.8. The summed E-state index contributed by atoms with van der Waals surface area (Å²) in [7, 11) is 0. The lowest BCUT2D eigenvalue weighted by atomic mass is 9.88. The molecule has 0 spiro atoms. The Morgan fingerprint density at radius 3 is 2.32 bits per heavy atom. The molecule has 0 aliphatic heterocycles. The fourth-order valence-corrected chi connectivity index (χ4v) is 2.03. The molecule has 0 radical (unpaired) electrons. The average Bonchev–Trinajstić information content (AvgIpc) is 2.33.